The molecule has 0 atom stereocenters. The fraction of sp³-hybridized carbons (Fsp3) is 0.211. The van der Waals surface area contributed by atoms with E-state index in [1.807, 2.05) is 60.7 Å². The van der Waals surface area contributed by atoms with E-state index in [9.17, 15) is 14.4 Å². The molecule has 5 nitrogen and oxygen atoms in total. The van der Waals surface area contributed by atoms with Crippen LogP contribution in [0.3, 0.4) is 0 Å². The van der Waals surface area contributed by atoms with Gasteiger partial charge in [-0.05, 0) is 11.1 Å². The quantitative estimate of drug-likeness (QED) is 0.794. The minimum Gasteiger partial charge on any atom is -0.330 e. The molecule has 5 heteroatoms. The number of benzene rings is 2. The molecule has 0 unspecified atom stereocenters. The van der Waals surface area contributed by atoms with Gasteiger partial charge in [-0.25, -0.2) is 4.79 Å². The Bertz CT molecular complexity index is 687. The van der Waals surface area contributed by atoms with Gasteiger partial charge in [0.15, 0.2) is 0 Å². The van der Waals surface area contributed by atoms with E-state index >= 15 is 0 Å². The van der Waals surface area contributed by atoms with Crippen LogP contribution in [0.15, 0.2) is 60.7 Å². The van der Waals surface area contributed by atoms with Crippen LogP contribution in [0, 0.1) is 0 Å². The molecule has 24 heavy (non-hydrogen) atoms. The highest BCUT2D eigenvalue weighted by Gasteiger charge is 2.33. The summed E-state index contributed by atoms with van der Waals surface area (Å²) >= 11 is 0. The lowest BCUT2D eigenvalue weighted by molar-refractivity contribution is -0.197. The predicted molar refractivity (Wildman–Crippen MR) is 86.5 cm³/mol. The molecule has 0 aliphatic carbocycles. The van der Waals surface area contributed by atoms with E-state index in [0.717, 1.165) is 11.1 Å². The summed E-state index contributed by atoms with van der Waals surface area (Å²) in [5, 5.41) is 0.593. The van der Waals surface area contributed by atoms with Crippen LogP contribution < -0.4 is 0 Å². The maximum absolute atomic E-state index is 12.3. The van der Waals surface area contributed by atoms with E-state index in [-0.39, 0.29) is 25.2 Å². The van der Waals surface area contributed by atoms with Crippen LogP contribution in [0.5, 0.6) is 0 Å². The topological polar surface area (TPSA) is 63.7 Å². The first-order valence-corrected chi connectivity index (χ1v) is 7.81. The van der Waals surface area contributed by atoms with Gasteiger partial charge in [0.25, 0.3) is 11.8 Å². The second-order valence-corrected chi connectivity index (χ2v) is 5.62. The van der Waals surface area contributed by atoms with Crippen LogP contribution in [0.25, 0.3) is 0 Å². The van der Waals surface area contributed by atoms with Gasteiger partial charge in [0.05, 0.1) is 6.42 Å². The normalized spacial score (nSPS) is 14.3. The third-order valence-electron chi connectivity index (χ3n) is 3.97. The zero-order chi connectivity index (χ0) is 16.9. The molecule has 1 fully saturated rings. The largest absolute Gasteiger partial charge is 0.334 e. The van der Waals surface area contributed by atoms with Gasteiger partial charge in [0.1, 0.15) is 0 Å². The number of nitrogens with zero attached hydrogens (tertiary/aromatic N) is 1. The molecule has 1 aliphatic heterocycles. The van der Waals surface area contributed by atoms with Gasteiger partial charge < -0.3 is 4.84 Å². The average Bonchev–Trinajstić information content (AvgIpc) is 2.93. The first kappa shape index (κ1) is 15.9. The van der Waals surface area contributed by atoms with E-state index in [0.29, 0.717) is 5.06 Å². The van der Waals surface area contributed by atoms with Gasteiger partial charge in [0, 0.05) is 18.8 Å². The number of carbonyl (C=O) groups excluding carboxylic acids is 3. The highest BCUT2D eigenvalue weighted by molar-refractivity contribution is 6.01. The molecule has 3 rings (SSSR count). The molecule has 0 aromatic heterocycles. The van der Waals surface area contributed by atoms with Crippen LogP contribution in [-0.4, -0.2) is 22.8 Å². The molecular formula is C19H17NO4. The molecule has 0 N–H and O–H groups in total. The third-order valence-corrected chi connectivity index (χ3v) is 3.97. The molecule has 1 aliphatic rings. The lowest BCUT2D eigenvalue weighted by atomic mass is 9.89. The van der Waals surface area contributed by atoms with Gasteiger partial charge in [-0.1, -0.05) is 60.7 Å². The van der Waals surface area contributed by atoms with Crippen molar-refractivity contribution in [1.82, 2.24) is 5.06 Å². The lowest BCUT2D eigenvalue weighted by Crippen LogP contribution is -2.32. The van der Waals surface area contributed by atoms with E-state index in [2.05, 4.69) is 0 Å². The molecule has 1 saturated heterocycles. The molecular weight excluding hydrogens is 306 g/mol. The summed E-state index contributed by atoms with van der Waals surface area (Å²) in [6, 6.07) is 19.2. The third kappa shape index (κ3) is 3.51. The van der Waals surface area contributed by atoms with E-state index in [4.69, 9.17) is 4.84 Å². The van der Waals surface area contributed by atoms with Crippen LogP contribution in [0.4, 0.5) is 0 Å². The van der Waals surface area contributed by atoms with Crippen LogP contribution >= 0.6 is 0 Å². The van der Waals surface area contributed by atoms with Crippen molar-refractivity contribution in [3.05, 3.63) is 71.8 Å². The fourth-order valence-electron chi connectivity index (χ4n) is 2.76. The Morgan fingerprint density at radius 2 is 1.33 bits per heavy atom. The Morgan fingerprint density at radius 3 is 1.79 bits per heavy atom. The number of imide groups is 1. The predicted octanol–water partition coefficient (Wildman–Crippen LogP) is 2.82. The zero-order valence-electron chi connectivity index (χ0n) is 13.1. The molecule has 122 valence electrons. The summed E-state index contributed by atoms with van der Waals surface area (Å²) in [5.41, 5.74) is 1.94. The summed E-state index contributed by atoms with van der Waals surface area (Å²) in [4.78, 5) is 40.4. The van der Waals surface area contributed by atoms with Crippen molar-refractivity contribution >= 4 is 17.8 Å². The van der Waals surface area contributed by atoms with Gasteiger partial charge in [0.2, 0.25) is 0 Å². The maximum atomic E-state index is 12.3. The summed E-state index contributed by atoms with van der Waals surface area (Å²) < 4.78 is 0. The maximum Gasteiger partial charge on any atom is 0.334 e. The Hall–Kier alpha value is -2.95. The number of amides is 2. The molecule has 0 spiro atoms. The van der Waals surface area contributed by atoms with Gasteiger partial charge >= 0.3 is 5.97 Å². The average molecular weight is 323 g/mol. The SMILES string of the molecule is O=C(CC(c1ccccc1)c1ccccc1)ON1C(=O)CCC1=O. The Balaban J connectivity index is 1.78. The standard InChI is InChI=1S/C19H17NO4/c21-17-11-12-18(22)20(17)24-19(23)13-16(14-7-3-1-4-8-14)15-9-5-2-6-10-15/h1-10,16H,11-13H2. The fourth-order valence-corrected chi connectivity index (χ4v) is 2.76. The number of hydrogen-bond acceptors (Lipinski definition) is 4. The molecule has 2 aromatic rings. The first-order chi connectivity index (χ1) is 11.6. The van der Waals surface area contributed by atoms with Crippen molar-refractivity contribution in [3.63, 3.8) is 0 Å². The lowest BCUT2D eigenvalue weighted by Gasteiger charge is -2.19. The van der Waals surface area contributed by atoms with Crippen LogP contribution in [0.2, 0.25) is 0 Å². The van der Waals surface area contributed by atoms with Gasteiger partial charge in [-0.15, -0.1) is 5.06 Å². The molecule has 2 amide bonds. The first-order valence-electron chi connectivity index (χ1n) is 7.81. The van der Waals surface area contributed by atoms with E-state index in [1.54, 1.807) is 0 Å². The Labute approximate surface area is 139 Å². The van der Waals surface area contributed by atoms with Gasteiger partial charge in [-0.2, -0.15) is 0 Å². The summed E-state index contributed by atoms with van der Waals surface area (Å²) in [5.74, 6) is -1.74. The zero-order valence-corrected chi connectivity index (χ0v) is 13.1. The Morgan fingerprint density at radius 1 is 0.875 bits per heavy atom. The van der Waals surface area contributed by atoms with Crippen molar-refractivity contribution in [2.24, 2.45) is 0 Å². The summed E-state index contributed by atoms with van der Waals surface area (Å²) in [7, 11) is 0. The summed E-state index contributed by atoms with van der Waals surface area (Å²) in [6.45, 7) is 0. The van der Waals surface area contributed by atoms with Crippen LogP contribution in [0.1, 0.15) is 36.3 Å². The Kier molecular flexibility index (Phi) is 4.70. The second-order valence-electron chi connectivity index (χ2n) is 5.62. The molecule has 0 saturated carbocycles. The minimum absolute atomic E-state index is 0.0467. The molecule has 0 bridgehead atoms. The van der Waals surface area contributed by atoms with Gasteiger partial charge in [-0.3, -0.25) is 9.59 Å². The van der Waals surface area contributed by atoms with E-state index < -0.39 is 17.8 Å². The van der Waals surface area contributed by atoms with Crippen LogP contribution in [-0.2, 0) is 19.2 Å². The van der Waals surface area contributed by atoms with Crippen molar-refractivity contribution in [2.45, 2.75) is 25.2 Å². The highest BCUT2D eigenvalue weighted by Crippen LogP contribution is 2.28. The minimum atomic E-state index is -0.601. The number of hydrogen-bond donors (Lipinski definition) is 0. The monoisotopic (exact) mass is 323 g/mol. The smallest absolute Gasteiger partial charge is 0.330 e. The summed E-state index contributed by atoms with van der Waals surface area (Å²) in [6.07, 6.45) is 0.227. The van der Waals surface area contributed by atoms with Crippen molar-refractivity contribution in [1.29, 1.82) is 0 Å². The number of rotatable bonds is 5. The van der Waals surface area contributed by atoms with Crippen molar-refractivity contribution in [2.75, 3.05) is 0 Å². The number of carbonyl (C=O) groups is 3. The molecule has 2 aromatic carbocycles. The molecule has 0 radical (unpaired) electrons. The van der Waals surface area contributed by atoms with E-state index in [1.165, 1.54) is 0 Å². The van der Waals surface area contributed by atoms with Crippen molar-refractivity contribution in [3.8, 4) is 0 Å². The second kappa shape index (κ2) is 7.08. The molecule has 1 heterocycles. The number of hydroxylamine groups is 2. The highest BCUT2D eigenvalue weighted by atomic mass is 16.7. The van der Waals surface area contributed by atoms with Crippen molar-refractivity contribution < 1.29 is 19.2 Å².